The lowest BCUT2D eigenvalue weighted by atomic mass is 10.1. The van der Waals surface area contributed by atoms with Crippen LogP contribution in [0.2, 0.25) is 0 Å². The van der Waals surface area contributed by atoms with Crippen molar-refractivity contribution in [1.29, 1.82) is 0 Å². The Kier molecular flexibility index (Phi) is 6.67. The van der Waals surface area contributed by atoms with E-state index in [0.717, 1.165) is 5.69 Å². The maximum atomic E-state index is 12.6. The summed E-state index contributed by atoms with van der Waals surface area (Å²) in [5.41, 5.74) is 2.12. The number of hydrogen-bond acceptors (Lipinski definition) is 3. The molecule has 0 aliphatic rings. The smallest absolute Gasteiger partial charge is 0.228 e. The molecule has 2 aromatic carbocycles. The van der Waals surface area contributed by atoms with Crippen molar-refractivity contribution in [2.75, 3.05) is 22.9 Å². The van der Waals surface area contributed by atoms with Crippen LogP contribution in [-0.4, -0.2) is 30.7 Å². The number of Topliss-reactive ketones (excluding diaryl/α,β-unsaturated/α-hetero) is 1. The molecule has 0 spiro atoms. The second-order valence-corrected chi connectivity index (χ2v) is 6.00. The SMILES string of the molecule is CCN(C(=O)CCN(C(C)=O)c1ccc(C(C)=O)cc1)c1ccccc1. The van der Waals surface area contributed by atoms with E-state index in [4.69, 9.17) is 0 Å². The van der Waals surface area contributed by atoms with Gasteiger partial charge in [-0.15, -0.1) is 0 Å². The average molecular weight is 352 g/mol. The third kappa shape index (κ3) is 4.79. The van der Waals surface area contributed by atoms with E-state index in [0.29, 0.717) is 17.8 Å². The minimum atomic E-state index is -0.142. The van der Waals surface area contributed by atoms with Gasteiger partial charge in [-0.3, -0.25) is 14.4 Å². The molecule has 0 aliphatic carbocycles. The number of rotatable bonds is 7. The Bertz CT molecular complexity index is 770. The van der Waals surface area contributed by atoms with Crippen molar-refractivity contribution in [1.82, 2.24) is 0 Å². The van der Waals surface area contributed by atoms with Gasteiger partial charge < -0.3 is 9.80 Å². The molecule has 0 heterocycles. The Balaban J connectivity index is 2.09. The first-order chi connectivity index (χ1) is 12.4. The number of nitrogens with zero attached hydrogens (tertiary/aromatic N) is 2. The van der Waals surface area contributed by atoms with E-state index in [1.807, 2.05) is 37.3 Å². The van der Waals surface area contributed by atoms with Crippen molar-refractivity contribution in [3.8, 4) is 0 Å². The molecule has 0 radical (unpaired) electrons. The molecular weight excluding hydrogens is 328 g/mol. The van der Waals surface area contributed by atoms with E-state index in [9.17, 15) is 14.4 Å². The van der Waals surface area contributed by atoms with Crippen LogP contribution in [-0.2, 0) is 9.59 Å². The van der Waals surface area contributed by atoms with Crippen molar-refractivity contribution in [2.24, 2.45) is 0 Å². The summed E-state index contributed by atoms with van der Waals surface area (Å²) >= 11 is 0. The fourth-order valence-electron chi connectivity index (χ4n) is 2.80. The van der Waals surface area contributed by atoms with Crippen LogP contribution >= 0.6 is 0 Å². The van der Waals surface area contributed by atoms with Gasteiger partial charge in [0.05, 0.1) is 0 Å². The molecule has 2 aromatic rings. The zero-order valence-electron chi connectivity index (χ0n) is 15.4. The molecule has 0 N–H and O–H groups in total. The largest absolute Gasteiger partial charge is 0.313 e. The highest BCUT2D eigenvalue weighted by Gasteiger charge is 2.18. The number of ketones is 1. The van der Waals surface area contributed by atoms with Gasteiger partial charge in [-0.2, -0.15) is 0 Å². The van der Waals surface area contributed by atoms with E-state index in [1.54, 1.807) is 34.1 Å². The lowest BCUT2D eigenvalue weighted by molar-refractivity contribution is -0.118. The molecule has 0 aromatic heterocycles. The highest BCUT2D eigenvalue weighted by molar-refractivity contribution is 5.97. The van der Waals surface area contributed by atoms with Crippen LogP contribution in [0.3, 0.4) is 0 Å². The van der Waals surface area contributed by atoms with E-state index >= 15 is 0 Å². The standard InChI is InChI=1S/C21H24N2O3/c1-4-22(19-8-6-5-7-9-19)21(26)14-15-23(17(3)25)20-12-10-18(11-13-20)16(2)24/h5-13H,4,14-15H2,1-3H3. The van der Waals surface area contributed by atoms with Crippen LogP contribution in [0, 0.1) is 0 Å². The molecule has 0 fully saturated rings. The lowest BCUT2D eigenvalue weighted by Crippen LogP contribution is -2.36. The van der Waals surface area contributed by atoms with E-state index in [-0.39, 0.29) is 30.6 Å². The molecule has 0 unspecified atom stereocenters. The maximum Gasteiger partial charge on any atom is 0.228 e. The second kappa shape index (κ2) is 8.94. The molecule has 0 saturated carbocycles. The quantitative estimate of drug-likeness (QED) is 0.714. The fourth-order valence-corrected chi connectivity index (χ4v) is 2.80. The van der Waals surface area contributed by atoms with Crippen LogP contribution in [0.1, 0.15) is 37.6 Å². The van der Waals surface area contributed by atoms with Crippen molar-refractivity contribution < 1.29 is 14.4 Å². The highest BCUT2D eigenvalue weighted by Crippen LogP contribution is 2.18. The number of carbonyl (C=O) groups excluding carboxylic acids is 3. The first-order valence-electron chi connectivity index (χ1n) is 8.68. The molecule has 2 amide bonds. The van der Waals surface area contributed by atoms with Crippen LogP contribution in [0.25, 0.3) is 0 Å². The van der Waals surface area contributed by atoms with Gasteiger partial charge in [-0.1, -0.05) is 18.2 Å². The summed E-state index contributed by atoms with van der Waals surface area (Å²) in [6.07, 6.45) is 0.219. The van der Waals surface area contributed by atoms with Gasteiger partial charge in [0.25, 0.3) is 0 Å². The summed E-state index contributed by atoms with van der Waals surface area (Å²) in [5, 5.41) is 0. The number of hydrogen-bond donors (Lipinski definition) is 0. The highest BCUT2D eigenvalue weighted by atomic mass is 16.2. The zero-order valence-corrected chi connectivity index (χ0v) is 15.4. The third-order valence-corrected chi connectivity index (χ3v) is 4.20. The molecule has 136 valence electrons. The molecule has 5 nitrogen and oxygen atoms in total. The van der Waals surface area contributed by atoms with Gasteiger partial charge in [-0.05, 0) is 50.2 Å². The minimum absolute atomic E-state index is 0.0254. The normalized spacial score (nSPS) is 10.3. The van der Waals surface area contributed by atoms with Crippen LogP contribution in [0.15, 0.2) is 54.6 Å². The lowest BCUT2D eigenvalue weighted by Gasteiger charge is -2.25. The van der Waals surface area contributed by atoms with Crippen LogP contribution in [0.5, 0.6) is 0 Å². The first kappa shape index (κ1) is 19.4. The van der Waals surface area contributed by atoms with E-state index in [2.05, 4.69) is 0 Å². The summed E-state index contributed by atoms with van der Waals surface area (Å²) in [4.78, 5) is 39.3. The second-order valence-electron chi connectivity index (χ2n) is 6.00. The maximum absolute atomic E-state index is 12.6. The Morgan fingerprint density at radius 3 is 1.88 bits per heavy atom. The Morgan fingerprint density at radius 1 is 0.808 bits per heavy atom. The molecular formula is C21H24N2O3. The van der Waals surface area contributed by atoms with Crippen molar-refractivity contribution in [3.05, 3.63) is 60.2 Å². The van der Waals surface area contributed by atoms with E-state index < -0.39 is 0 Å². The van der Waals surface area contributed by atoms with Crippen molar-refractivity contribution >= 4 is 29.0 Å². The molecule has 0 atom stereocenters. The Labute approximate surface area is 154 Å². The number of para-hydroxylation sites is 1. The average Bonchev–Trinajstić information content (AvgIpc) is 2.63. The Hall–Kier alpha value is -2.95. The van der Waals surface area contributed by atoms with E-state index in [1.165, 1.54) is 13.8 Å². The zero-order chi connectivity index (χ0) is 19.1. The topological polar surface area (TPSA) is 57.7 Å². The van der Waals surface area contributed by atoms with Gasteiger partial charge in [0.15, 0.2) is 5.78 Å². The summed E-state index contributed by atoms with van der Waals surface area (Å²) in [7, 11) is 0. The third-order valence-electron chi connectivity index (χ3n) is 4.20. The van der Waals surface area contributed by atoms with Gasteiger partial charge in [-0.25, -0.2) is 0 Å². The van der Waals surface area contributed by atoms with Gasteiger partial charge >= 0.3 is 0 Å². The predicted octanol–water partition coefficient (Wildman–Crippen LogP) is 3.69. The predicted molar refractivity (Wildman–Crippen MR) is 104 cm³/mol. The van der Waals surface area contributed by atoms with Gasteiger partial charge in [0, 0.05) is 43.4 Å². The molecule has 5 heteroatoms. The Morgan fingerprint density at radius 2 is 1.38 bits per heavy atom. The van der Waals surface area contributed by atoms with Crippen LogP contribution in [0.4, 0.5) is 11.4 Å². The number of benzene rings is 2. The fraction of sp³-hybridized carbons (Fsp3) is 0.286. The monoisotopic (exact) mass is 352 g/mol. The van der Waals surface area contributed by atoms with Gasteiger partial charge in [0.2, 0.25) is 11.8 Å². The summed E-state index contributed by atoms with van der Waals surface area (Å²) in [6.45, 7) is 5.75. The molecule has 0 bridgehead atoms. The molecule has 0 saturated heterocycles. The summed E-state index contributed by atoms with van der Waals surface area (Å²) in [5.74, 6) is -0.205. The molecule has 26 heavy (non-hydrogen) atoms. The number of anilines is 2. The number of carbonyl (C=O) groups is 3. The summed E-state index contributed by atoms with van der Waals surface area (Å²) < 4.78 is 0. The van der Waals surface area contributed by atoms with Crippen LogP contribution < -0.4 is 9.80 Å². The summed E-state index contributed by atoms with van der Waals surface area (Å²) in [6, 6.07) is 16.3. The van der Waals surface area contributed by atoms with Crippen molar-refractivity contribution in [3.63, 3.8) is 0 Å². The minimum Gasteiger partial charge on any atom is -0.313 e. The molecule has 0 aliphatic heterocycles. The van der Waals surface area contributed by atoms with Gasteiger partial charge in [0.1, 0.15) is 0 Å². The molecule has 2 rings (SSSR count). The number of amides is 2. The first-order valence-corrected chi connectivity index (χ1v) is 8.68. The van der Waals surface area contributed by atoms with Crippen molar-refractivity contribution in [2.45, 2.75) is 27.2 Å².